The van der Waals surface area contributed by atoms with Crippen molar-refractivity contribution in [3.8, 4) is 11.1 Å². The van der Waals surface area contributed by atoms with Gasteiger partial charge in [0.05, 0.1) is 0 Å². The molecule has 2 nitrogen and oxygen atoms in total. The molecule has 3 rings (SSSR count). The minimum absolute atomic E-state index is 0.0506. The minimum Gasteiger partial charge on any atom is -0.299 e. The Balaban J connectivity index is 2.13. The normalized spacial score (nSPS) is 15.4. The molecular formula is C20H19ClO2. The van der Waals surface area contributed by atoms with Gasteiger partial charge in [-0.25, -0.2) is 0 Å². The lowest BCUT2D eigenvalue weighted by Crippen LogP contribution is -2.14. The molecule has 23 heavy (non-hydrogen) atoms. The highest BCUT2D eigenvalue weighted by atomic mass is 35.5. The standard InChI is InChI=1S/C20H19ClO2/c1-3-13-4-5-14(16-7-6-15(21)10-12(16)2)11-17(13)20-18(22)8-9-19(20)23/h4-7,10-11,20H,3,8-9H2,1-2H3. The van der Waals surface area contributed by atoms with Crippen molar-refractivity contribution < 1.29 is 9.59 Å². The molecule has 3 heteroatoms. The van der Waals surface area contributed by atoms with Crippen LogP contribution in [0.5, 0.6) is 0 Å². The summed E-state index contributed by atoms with van der Waals surface area (Å²) in [5, 5.41) is 0.706. The maximum Gasteiger partial charge on any atom is 0.148 e. The van der Waals surface area contributed by atoms with Gasteiger partial charge in [-0.05, 0) is 59.4 Å². The number of hydrogen-bond donors (Lipinski definition) is 0. The number of ketones is 2. The van der Waals surface area contributed by atoms with Gasteiger partial charge in [0, 0.05) is 17.9 Å². The molecule has 118 valence electrons. The van der Waals surface area contributed by atoms with E-state index in [0.29, 0.717) is 17.9 Å². The number of hydrogen-bond acceptors (Lipinski definition) is 2. The second-order valence-corrected chi connectivity index (χ2v) is 6.53. The zero-order valence-electron chi connectivity index (χ0n) is 13.4. The number of rotatable bonds is 3. The van der Waals surface area contributed by atoms with E-state index in [9.17, 15) is 9.59 Å². The van der Waals surface area contributed by atoms with Crippen LogP contribution < -0.4 is 0 Å². The molecule has 0 amide bonds. The molecule has 1 fully saturated rings. The fourth-order valence-electron chi connectivity index (χ4n) is 3.37. The summed E-state index contributed by atoms with van der Waals surface area (Å²) in [5.41, 5.74) is 5.15. The molecular weight excluding hydrogens is 308 g/mol. The van der Waals surface area contributed by atoms with Gasteiger partial charge in [-0.1, -0.05) is 36.7 Å². The molecule has 0 aliphatic heterocycles. The number of benzene rings is 2. The lowest BCUT2D eigenvalue weighted by molar-refractivity contribution is -0.123. The molecule has 2 aromatic carbocycles. The van der Waals surface area contributed by atoms with Crippen LogP contribution in [0.1, 0.15) is 42.4 Å². The van der Waals surface area contributed by atoms with Crippen LogP contribution in [-0.2, 0) is 16.0 Å². The first-order valence-corrected chi connectivity index (χ1v) is 8.34. The Morgan fingerprint density at radius 2 is 1.74 bits per heavy atom. The molecule has 0 bridgehead atoms. The molecule has 0 spiro atoms. The predicted octanol–water partition coefficient (Wildman–Crippen LogP) is 4.89. The first kappa shape index (κ1) is 15.9. The number of carbonyl (C=O) groups is 2. The van der Waals surface area contributed by atoms with E-state index in [0.717, 1.165) is 34.2 Å². The van der Waals surface area contributed by atoms with Crippen LogP contribution >= 0.6 is 11.6 Å². The molecule has 0 aromatic heterocycles. The van der Waals surface area contributed by atoms with Crippen molar-refractivity contribution in [1.82, 2.24) is 0 Å². The third kappa shape index (κ3) is 2.96. The lowest BCUT2D eigenvalue weighted by Gasteiger charge is -2.16. The Labute approximate surface area is 141 Å². The van der Waals surface area contributed by atoms with Gasteiger partial charge >= 0.3 is 0 Å². The van der Waals surface area contributed by atoms with Crippen LogP contribution in [-0.4, -0.2) is 11.6 Å². The molecule has 0 atom stereocenters. The Hall–Kier alpha value is -1.93. The van der Waals surface area contributed by atoms with Crippen molar-refractivity contribution in [2.24, 2.45) is 0 Å². The van der Waals surface area contributed by atoms with Crippen LogP contribution in [0.2, 0.25) is 5.02 Å². The fourth-order valence-corrected chi connectivity index (χ4v) is 3.59. The topological polar surface area (TPSA) is 34.1 Å². The van der Waals surface area contributed by atoms with Crippen molar-refractivity contribution in [1.29, 1.82) is 0 Å². The van der Waals surface area contributed by atoms with Gasteiger partial charge in [0.15, 0.2) is 0 Å². The average Bonchev–Trinajstić information content (AvgIpc) is 2.85. The number of Topliss-reactive ketones (excluding diaryl/α,β-unsaturated/α-hetero) is 2. The summed E-state index contributed by atoms with van der Waals surface area (Å²) in [6, 6.07) is 11.9. The molecule has 1 aliphatic carbocycles. The summed E-state index contributed by atoms with van der Waals surface area (Å²) in [6.07, 6.45) is 1.56. The highest BCUT2D eigenvalue weighted by Gasteiger charge is 2.35. The molecule has 0 unspecified atom stereocenters. The predicted molar refractivity (Wildman–Crippen MR) is 93.0 cm³/mol. The number of aryl methyl sites for hydroxylation is 2. The van der Waals surface area contributed by atoms with Crippen molar-refractivity contribution in [2.45, 2.75) is 39.0 Å². The van der Waals surface area contributed by atoms with Gasteiger partial charge in [-0.2, -0.15) is 0 Å². The van der Waals surface area contributed by atoms with Gasteiger partial charge < -0.3 is 0 Å². The summed E-state index contributed by atoms with van der Waals surface area (Å²) < 4.78 is 0. The smallest absolute Gasteiger partial charge is 0.148 e. The third-order valence-corrected chi connectivity index (χ3v) is 4.83. The summed E-state index contributed by atoms with van der Waals surface area (Å²) in [4.78, 5) is 24.3. The zero-order valence-corrected chi connectivity index (χ0v) is 14.1. The summed E-state index contributed by atoms with van der Waals surface area (Å²) in [7, 11) is 0. The van der Waals surface area contributed by atoms with Crippen LogP contribution in [0.3, 0.4) is 0 Å². The third-order valence-electron chi connectivity index (χ3n) is 4.60. The van der Waals surface area contributed by atoms with E-state index in [4.69, 9.17) is 11.6 Å². The fraction of sp³-hybridized carbons (Fsp3) is 0.300. The Morgan fingerprint density at radius 1 is 1.04 bits per heavy atom. The van der Waals surface area contributed by atoms with E-state index in [-0.39, 0.29) is 11.6 Å². The van der Waals surface area contributed by atoms with E-state index < -0.39 is 5.92 Å². The highest BCUT2D eigenvalue weighted by Crippen LogP contribution is 2.35. The molecule has 0 radical (unpaired) electrons. The van der Waals surface area contributed by atoms with E-state index >= 15 is 0 Å². The molecule has 1 saturated carbocycles. The van der Waals surface area contributed by atoms with Gasteiger partial charge in [-0.3, -0.25) is 9.59 Å². The number of halogens is 1. The maximum atomic E-state index is 12.2. The van der Waals surface area contributed by atoms with Gasteiger partial charge in [-0.15, -0.1) is 0 Å². The summed E-state index contributed by atoms with van der Waals surface area (Å²) in [5.74, 6) is -0.470. The average molecular weight is 327 g/mol. The van der Waals surface area contributed by atoms with Gasteiger partial charge in [0.1, 0.15) is 17.5 Å². The van der Waals surface area contributed by atoms with Crippen LogP contribution in [0, 0.1) is 6.92 Å². The quantitative estimate of drug-likeness (QED) is 0.752. The minimum atomic E-state index is -0.572. The van der Waals surface area contributed by atoms with E-state index in [1.807, 2.05) is 37.3 Å². The van der Waals surface area contributed by atoms with Crippen molar-refractivity contribution in [3.63, 3.8) is 0 Å². The summed E-state index contributed by atoms with van der Waals surface area (Å²) in [6.45, 7) is 4.07. The molecule has 0 saturated heterocycles. The first-order valence-electron chi connectivity index (χ1n) is 7.96. The molecule has 0 N–H and O–H groups in total. The largest absolute Gasteiger partial charge is 0.299 e. The van der Waals surface area contributed by atoms with E-state index in [1.165, 1.54) is 0 Å². The highest BCUT2D eigenvalue weighted by molar-refractivity contribution is 6.30. The van der Waals surface area contributed by atoms with E-state index in [2.05, 4.69) is 13.0 Å². The summed E-state index contributed by atoms with van der Waals surface area (Å²) >= 11 is 6.04. The van der Waals surface area contributed by atoms with Crippen LogP contribution in [0.25, 0.3) is 11.1 Å². The molecule has 1 aliphatic rings. The SMILES string of the molecule is CCc1ccc(-c2ccc(Cl)cc2C)cc1C1C(=O)CCC1=O. The van der Waals surface area contributed by atoms with Gasteiger partial charge in [0.25, 0.3) is 0 Å². The Bertz CT molecular complexity index is 776. The second kappa shape index (κ2) is 6.29. The van der Waals surface area contributed by atoms with Crippen molar-refractivity contribution in [2.75, 3.05) is 0 Å². The van der Waals surface area contributed by atoms with Crippen LogP contribution in [0.15, 0.2) is 36.4 Å². The number of carbonyl (C=O) groups excluding carboxylic acids is 2. The molecule has 0 heterocycles. The zero-order chi connectivity index (χ0) is 16.6. The maximum absolute atomic E-state index is 12.2. The second-order valence-electron chi connectivity index (χ2n) is 6.09. The van der Waals surface area contributed by atoms with Crippen molar-refractivity contribution >= 4 is 23.2 Å². The van der Waals surface area contributed by atoms with Gasteiger partial charge in [0.2, 0.25) is 0 Å². The first-order chi connectivity index (χ1) is 11.0. The van der Waals surface area contributed by atoms with Crippen LogP contribution in [0.4, 0.5) is 0 Å². The Kier molecular flexibility index (Phi) is 4.36. The van der Waals surface area contributed by atoms with Crippen molar-refractivity contribution in [3.05, 3.63) is 58.1 Å². The monoisotopic (exact) mass is 326 g/mol. The lowest BCUT2D eigenvalue weighted by atomic mass is 9.87. The Morgan fingerprint density at radius 3 is 2.35 bits per heavy atom. The molecule has 2 aromatic rings. The van der Waals surface area contributed by atoms with E-state index in [1.54, 1.807) is 0 Å².